The topological polar surface area (TPSA) is 25.0 Å². The van der Waals surface area contributed by atoms with E-state index in [0.29, 0.717) is 0 Å². The lowest BCUT2D eigenvalue weighted by molar-refractivity contribution is 0.415. The van der Waals surface area contributed by atoms with Crippen molar-refractivity contribution in [2.24, 2.45) is 0 Å². The van der Waals surface area contributed by atoms with E-state index < -0.39 is 0 Å². The van der Waals surface area contributed by atoms with Gasteiger partial charge in [-0.3, -0.25) is 0 Å². The first-order chi connectivity index (χ1) is 8.76. The molecule has 0 saturated heterocycles. The van der Waals surface area contributed by atoms with Gasteiger partial charge in [0.25, 0.3) is 0 Å². The number of aromatic amines is 1. The molecule has 1 aromatic heterocycles. The maximum Gasteiger partial charge on any atom is 0.119 e. The molecule has 3 aromatic rings. The minimum Gasteiger partial charge on any atom is -0.497 e. The van der Waals surface area contributed by atoms with E-state index in [2.05, 4.69) is 39.1 Å². The Balaban J connectivity index is 2.10. The molecule has 0 bridgehead atoms. The Kier molecular flexibility index (Phi) is 2.84. The maximum atomic E-state index is 5.23. The summed E-state index contributed by atoms with van der Waals surface area (Å²) in [6.45, 7) is 0. The number of methoxy groups -OCH3 is 1. The Morgan fingerprint density at radius 1 is 1.00 bits per heavy atom. The minimum absolute atomic E-state index is 0.879. The number of rotatable bonds is 2. The summed E-state index contributed by atoms with van der Waals surface area (Å²) < 4.78 is 6.32. The van der Waals surface area contributed by atoms with Gasteiger partial charge < -0.3 is 9.72 Å². The van der Waals surface area contributed by atoms with E-state index in [4.69, 9.17) is 4.74 Å². The van der Waals surface area contributed by atoms with E-state index >= 15 is 0 Å². The molecular weight excluding hydrogens is 290 g/mol. The van der Waals surface area contributed by atoms with Crippen LogP contribution in [0.4, 0.5) is 0 Å². The number of nitrogens with one attached hydrogen (secondary N) is 1. The molecule has 1 N–H and O–H groups in total. The number of hydrogen-bond acceptors (Lipinski definition) is 1. The molecule has 2 aromatic carbocycles. The van der Waals surface area contributed by atoms with E-state index in [-0.39, 0.29) is 0 Å². The van der Waals surface area contributed by atoms with Crippen molar-refractivity contribution >= 4 is 26.8 Å². The zero-order valence-electron chi connectivity index (χ0n) is 9.91. The normalized spacial score (nSPS) is 10.8. The average molecular weight is 302 g/mol. The van der Waals surface area contributed by atoms with E-state index in [1.165, 1.54) is 5.56 Å². The van der Waals surface area contributed by atoms with Crippen LogP contribution >= 0.6 is 15.9 Å². The summed E-state index contributed by atoms with van der Waals surface area (Å²) in [6.07, 6.45) is 0. The summed E-state index contributed by atoms with van der Waals surface area (Å²) in [4.78, 5) is 3.41. The van der Waals surface area contributed by atoms with Crippen LogP contribution in [0.25, 0.3) is 22.2 Å². The van der Waals surface area contributed by atoms with Gasteiger partial charge in [0.1, 0.15) is 5.75 Å². The molecule has 0 aliphatic heterocycles. The highest BCUT2D eigenvalue weighted by atomic mass is 79.9. The third kappa shape index (κ3) is 2.02. The highest BCUT2D eigenvalue weighted by Crippen LogP contribution is 2.27. The quantitative estimate of drug-likeness (QED) is 0.735. The second kappa shape index (κ2) is 4.50. The zero-order chi connectivity index (χ0) is 12.5. The molecule has 0 aliphatic rings. The van der Waals surface area contributed by atoms with Crippen molar-refractivity contribution < 1.29 is 4.74 Å². The summed E-state index contributed by atoms with van der Waals surface area (Å²) in [5.74, 6) is 0.879. The predicted octanol–water partition coefficient (Wildman–Crippen LogP) is 4.61. The van der Waals surface area contributed by atoms with Gasteiger partial charge in [0.05, 0.1) is 7.11 Å². The van der Waals surface area contributed by atoms with Crippen molar-refractivity contribution in [2.75, 3.05) is 7.11 Å². The summed E-state index contributed by atoms with van der Waals surface area (Å²) in [7, 11) is 1.68. The van der Waals surface area contributed by atoms with Crippen molar-refractivity contribution in [2.45, 2.75) is 0 Å². The van der Waals surface area contributed by atoms with Crippen LogP contribution in [-0.2, 0) is 0 Å². The Morgan fingerprint density at radius 2 is 1.78 bits per heavy atom. The molecule has 1 heterocycles. The largest absolute Gasteiger partial charge is 0.497 e. The molecule has 0 fully saturated rings. The van der Waals surface area contributed by atoms with Crippen LogP contribution in [0, 0.1) is 0 Å². The second-order valence-electron chi connectivity index (χ2n) is 4.14. The molecule has 0 atom stereocenters. The third-order valence-corrected chi connectivity index (χ3v) is 3.51. The molecule has 18 heavy (non-hydrogen) atoms. The standard InChI is InChI=1S/C15H12BrNO/c1-18-13-6-7-14-11(8-13)9-15(17-14)10-2-4-12(16)5-3-10/h2-9,17H,1H3. The first kappa shape index (κ1) is 11.4. The monoisotopic (exact) mass is 301 g/mol. The number of fused-ring (bicyclic) bond motifs is 1. The molecule has 0 radical (unpaired) electrons. The van der Waals surface area contributed by atoms with Gasteiger partial charge in [0.2, 0.25) is 0 Å². The molecule has 2 nitrogen and oxygen atoms in total. The number of halogens is 1. The van der Waals surface area contributed by atoms with E-state index in [1.807, 2.05) is 30.3 Å². The molecule has 90 valence electrons. The molecule has 0 aliphatic carbocycles. The molecule has 0 amide bonds. The van der Waals surface area contributed by atoms with Crippen molar-refractivity contribution in [3.8, 4) is 17.0 Å². The van der Waals surface area contributed by atoms with Gasteiger partial charge in [-0.05, 0) is 42.0 Å². The molecule has 3 heteroatoms. The smallest absolute Gasteiger partial charge is 0.119 e. The van der Waals surface area contributed by atoms with Gasteiger partial charge in [0.15, 0.2) is 0 Å². The first-order valence-electron chi connectivity index (χ1n) is 5.69. The van der Waals surface area contributed by atoms with Crippen LogP contribution < -0.4 is 4.74 Å². The first-order valence-corrected chi connectivity index (χ1v) is 6.48. The van der Waals surface area contributed by atoms with Gasteiger partial charge in [0, 0.05) is 21.1 Å². The van der Waals surface area contributed by atoms with Crippen molar-refractivity contribution in [3.63, 3.8) is 0 Å². The van der Waals surface area contributed by atoms with Crippen molar-refractivity contribution in [3.05, 3.63) is 53.0 Å². The third-order valence-electron chi connectivity index (χ3n) is 2.98. The van der Waals surface area contributed by atoms with Crippen LogP contribution in [0.2, 0.25) is 0 Å². The summed E-state index contributed by atoms with van der Waals surface area (Å²) in [5.41, 5.74) is 3.41. The van der Waals surface area contributed by atoms with Gasteiger partial charge in [-0.25, -0.2) is 0 Å². The number of H-pyrrole nitrogens is 1. The lowest BCUT2D eigenvalue weighted by Crippen LogP contribution is -1.80. The Hall–Kier alpha value is -1.74. The molecule has 0 spiro atoms. The Labute approximate surface area is 114 Å². The number of aromatic nitrogens is 1. The Morgan fingerprint density at radius 3 is 2.50 bits per heavy atom. The fourth-order valence-corrected chi connectivity index (χ4v) is 2.29. The van der Waals surface area contributed by atoms with Gasteiger partial charge >= 0.3 is 0 Å². The summed E-state index contributed by atoms with van der Waals surface area (Å²) >= 11 is 3.44. The lowest BCUT2D eigenvalue weighted by atomic mass is 10.1. The van der Waals surface area contributed by atoms with Crippen LogP contribution in [0.1, 0.15) is 0 Å². The molecule has 0 saturated carbocycles. The van der Waals surface area contributed by atoms with E-state index in [1.54, 1.807) is 7.11 Å². The average Bonchev–Trinajstić information content (AvgIpc) is 2.82. The van der Waals surface area contributed by atoms with Crippen LogP contribution in [0.5, 0.6) is 5.75 Å². The summed E-state index contributed by atoms with van der Waals surface area (Å²) in [5, 5.41) is 1.16. The lowest BCUT2D eigenvalue weighted by Gasteiger charge is -1.97. The zero-order valence-corrected chi connectivity index (χ0v) is 11.5. The highest BCUT2D eigenvalue weighted by molar-refractivity contribution is 9.10. The Bertz CT molecular complexity index is 685. The summed E-state index contributed by atoms with van der Waals surface area (Å²) in [6, 6.07) is 16.4. The van der Waals surface area contributed by atoms with E-state index in [9.17, 15) is 0 Å². The van der Waals surface area contributed by atoms with Gasteiger partial charge in [-0.15, -0.1) is 0 Å². The number of hydrogen-bond donors (Lipinski definition) is 1. The van der Waals surface area contributed by atoms with Crippen molar-refractivity contribution in [1.82, 2.24) is 4.98 Å². The SMILES string of the molecule is COc1ccc2[nH]c(-c3ccc(Br)cc3)cc2c1. The van der Waals surface area contributed by atoms with Crippen LogP contribution in [0.3, 0.4) is 0 Å². The van der Waals surface area contributed by atoms with Crippen LogP contribution in [-0.4, -0.2) is 12.1 Å². The fraction of sp³-hybridized carbons (Fsp3) is 0.0667. The second-order valence-corrected chi connectivity index (χ2v) is 5.06. The van der Waals surface area contributed by atoms with Crippen molar-refractivity contribution in [1.29, 1.82) is 0 Å². The number of ether oxygens (including phenoxy) is 1. The fourth-order valence-electron chi connectivity index (χ4n) is 2.02. The number of benzene rings is 2. The molecular formula is C15H12BrNO. The van der Waals surface area contributed by atoms with Gasteiger partial charge in [-0.2, -0.15) is 0 Å². The predicted molar refractivity (Wildman–Crippen MR) is 78.0 cm³/mol. The maximum absolute atomic E-state index is 5.23. The molecule has 0 unspecified atom stereocenters. The van der Waals surface area contributed by atoms with E-state index in [0.717, 1.165) is 26.8 Å². The highest BCUT2D eigenvalue weighted by Gasteiger charge is 2.04. The molecule has 3 rings (SSSR count). The minimum atomic E-state index is 0.879. The van der Waals surface area contributed by atoms with Crippen LogP contribution in [0.15, 0.2) is 53.0 Å². The van der Waals surface area contributed by atoms with Gasteiger partial charge in [-0.1, -0.05) is 28.1 Å².